The molecule has 3 N–H and O–H groups in total. The molecule has 62 valence electrons. The van der Waals surface area contributed by atoms with Crippen LogP contribution in [0.25, 0.3) is 0 Å². The van der Waals surface area contributed by atoms with Gasteiger partial charge < -0.3 is 10.5 Å². The van der Waals surface area contributed by atoms with Crippen molar-refractivity contribution in [2.45, 2.75) is 31.1 Å². The maximum Gasteiger partial charge on any atom is 0.246 e. The van der Waals surface area contributed by atoms with Crippen LogP contribution in [0.2, 0.25) is 0 Å². The Morgan fingerprint density at radius 1 is 1.73 bits per heavy atom. The highest BCUT2D eigenvalue weighted by molar-refractivity contribution is 5.79. The molecule has 1 amide bonds. The number of hydrogen-bond donors (Lipinski definition) is 2. The molecule has 11 heavy (non-hydrogen) atoms. The van der Waals surface area contributed by atoms with Gasteiger partial charge in [-0.1, -0.05) is 0 Å². The van der Waals surface area contributed by atoms with Crippen molar-refractivity contribution in [3.8, 4) is 0 Å². The minimum Gasteiger partial charge on any atom is -0.367 e. The largest absolute Gasteiger partial charge is 0.367 e. The second-order valence-electron chi connectivity index (χ2n) is 3.24. The normalized spacial score (nSPS) is 42.4. The molecule has 0 aliphatic carbocycles. The maximum absolute atomic E-state index is 10.6. The summed E-state index contributed by atoms with van der Waals surface area (Å²) in [4.78, 5) is 10.6. The molecule has 2 saturated heterocycles. The molecule has 2 heterocycles. The van der Waals surface area contributed by atoms with E-state index in [1.807, 2.05) is 0 Å². The number of ether oxygens (including phenoxy) is 1. The van der Waals surface area contributed by atoms with Gasteiger partial charge in [0.25, 0.3) is 0 Å². The summed E-state index contributed by atoms with van der Waals surface area (Å²) >= 11 is 0. The van der Waals surface area contributed by atoms with Gasteiger partial charge in [-0.25, -0.2) is 0 Å². The van der Waals surface area contributed by atoms with Crippen LogP contribution in [-0.4, -0.2) is 24.3 Å². The number of nitrogens with two attached hydrogens (primary N) is 1. The maximum atomic E-state index is 10.6. The lowest BCUT2D eigenvalue weighted by molar-refractivity contribution is -0.212. The Balaban J connectivity index is 1.91. The van der Waals surface area contributed by atoms with Gasteiger partial charge in [-0.15, -0.1) is 0 Å². The van der Waals surface area contributed by atoms with Gasteiger partial charge in [-0.05, 0) is 19.4 Å². The zero-order valence-corrected chi connectivity index (χ0v) is 6.30. The van der Waals surface area contributed by atoms with Crippen LogP contribution in [0.1, 0.15) is 19.3 Å². The van der Waals surface area contributed by atoms with Gasteiger partial charge >= 0.3 is 0 Å². The molecule has 0 bridgehead atoms. The smallest absolute Gasteiger partial charge is 0.246 e. The van der Waals surface area contributed by atoms with Crippen LogP contribution in [0.15, 0.2) is 0 Å². The lowest BCUT2D eigenvalue weighted by Gasteiger charge is -2.43. The Hall–Kier alpha value is -0.610. The molecule has 2 rings (SSSR count). The third kappa shape index (κ3) is 1.02. The average molecular weight is 156 g/mol. The van der Waals surface area contributed by atoms with Crippen LogP contribution < -0.4 is 11.1 Å². The molecule has 2 atom stereocenters. The Morgan fingerprint density at radius 2 is 2.45 bits per heavy atom. The first-order chi connectivity index (χ1) is 5.22. The highest BCUT2D eigenvalue weighted by Gasteiger charge is 2.49. The third-order valence-electron chi connectivity index (χ3n) is 2.40. The molecular formula is C7H12N2O2. The molecule has 4 heteroatoms. The van der Waals surface area contributed by atoms with Gasteiger partial charge in [0.1, 0.15) is 11.8 Å². The third-order valence-corrected chi connectivity index (χ3v) is 2.40. The van der Waals surface area contributed by atoms with Crippen LogP contribution >= 0.6 is 0 Å². The summed E-state index contributed by atoms with van der Waals surface area (Å²) in [5, 5.41) is 3.22. The number of rotatable bonds is 1. The Labute approximate surface area is 65.1 Å². The number of primary amides is 1. The molecule has 2 unspecified atom stereocenters. The monoisotopic (exact) mass is 156 g/mol. The van der Waals surface area contributed by atoms with Gasteiger partial charge in [-0.2, -0.15) is 0 Å². The number of hydrogen-bond acceptors (Lipinski definition) is 3. The van der Waals surface area contributed by atoms with E-state index < -0.39 is 0 Å². The van der Waals surface area contributed by atoms with Gasteiger partial charge in [0.15, 0.2) is 0 Å². The molecule has 2 aliphatic heterocycles. The first-order valence-corrected chi connectivity index (χ1v) is 3.94. The molecule has 0 saturated carbocycles. The topological polar surface area (TPSA) is 64.4 Å². The standard InChI is InChI=1S/C7H12N2O2/c8-6(10)5-4-7(11-5)2-1-3-9-7/h5,9H,1-4H2,(H2,8,10). The highest BCUT2D eigenvalue weighted by Crippen LogP contribution is 2.36. The summed E-state index contributed by atoms with van der Waals surface area (Å²) in [7, 11) is 0. The van der Waals surface area contributed by atoms with Crippen molar-refractivity contribution in [2.24, 2.45) is 5.73 Å². The van der Waals surface area contributed by atoms with Crippen molar-refractivity contribution in [2.75, 3.05) is 6.54 Å². The first-order valence-electron chi connectivity index (χ1n) is 3.94. The van der Waals surface area contributed by atoms with Gasteiger partial charge in [0.05, 0.1) is 0 Å². The first kappa shape index (κ1) is 7.06. The molecule has 1 spiro atoms. The van der Waals surface area contributed by atoms with Crippen molar-refractivity contribution in [3.05, 3.63) is 0 Å². The van der Waals surface area contributed by atoms with E-state index in [4.69, 9.17) is 10.5 Å². The fourth-order valence-electron chi connectivity index (χ4n) is 1.77. The Morgan fingerprint density at radius 3 is 2.91 bits per heavy atom. The summed E-state index contributed by atoms with van der Waals surface area (Å²) in [5.74, 6) is -0.343. The predicted octanol–water partition coefficient (Wildman–Crippen LogP) is -0.660. The quantitative estimate of drug-likeness (QED) is 0.529. The minimum atomic E-state index is -0.347. The van der Waals surface area contributed by atoms with Crippen molar-refractivity contribution >= 4 is 5.91 Å². The summed E-state index contributed by atoms with van der Waals surface area (Å²) in [6.45, 7) is 0.992. The molecule has 0 radical (unpaired) electrons. The van der Waals surface area contributed by atoms with Crippen LogP contribution in [0, 0.1) is 0 Å². The van der Waals surface area contributed by atoms with Crippen molar-refractivity contribution < 1.29 is 9.53 Å². The fourth-order valence-corrected chi connectivity index (χ4v) is 1.77. The van der Waals surface area contributed by atoms with E-state index >= 15 is 0 Å². The molecule has 0 aromatic carbocycles. The van der Waals surface area contributed by atoms with Crippen LogP contribution in [-0.2, 0) is 9.53 Å². The van der Waals surface area contributed by atoms with Crippen LogP contribution in [0.4, 0.5) is 0 Å². The Bertz CT molecular complexity index is 179. The molecule has 2 aliphatic rings. The summed E-state index contributed by atoms with van der Waals surface area (Å²) < 4.78 is 5.36. The lowest BCUT2D eigenvalue weighted by Crippen LogP contribution is -2.60. The van der Waals surface area contributed by atoms with E-state index in [0.717, 1.165) is 25.8 Å². The van der Waals surface area contributed by atoms with Crippen molar-refractivity contribution in [1.29, 1.82) is 0 Å². The number of amides is 1. The van der Waals surface area contributed by atoms with E-state index in [0.29, 0.717) is 0 Å². The van der Waals surface area contributed by atoms with E-state index in [1.54, 1.807) is 0 Å². The van der Waals surface area contributed by atoms with Gasteiger partial charge in [-0.3, -0.25) is 10.1 Å². The lowest BCUT2D eigenvalue weighted by atomic mass is 9.96. The SMILES string of the molecule is NC(=O)C1CC2(CCCN2)O1. The van der Waals surface area contributed by atoms with E-state index in [9.17, 15) is 4.79 Å². The van der Waals surface area contributed by atoms with E-state index in [2.05, 4.69) is 5.32 Å². The summed E-state index contributed by atoms with van der Waals surface area (Å²) in [6, 6.07) is 0. The molecule has 2 fully saturated rings. The summed E-state index contributed by atoms with van der Waals surface area (Å²) in [5.41, 5.74) is 4.88. The second-order valence-corrected chi connectivity index (χ2v) is 3.24. The minimum absolute atomic E-state index is 0.181. The zero-order valence-electron chi connectivity index (χ0n) is 6.30. The van der Waals surface area contributed by atoms with Gasteiger partial charge in [0.2, 0.25) is 5.91 Å². The number of carbonyl (C=O) groups excluding carboxylic acids is 1. The van der Waals surface area contributed by atoms with Crippen LogP contribution in [0.5, 0.6) is 0 Å². The predicted molar refractivity (Wildman–Crippen MR) is 38.7 cm³/mol. The number of nitrogens with one attached hydrogen (secondary N) is 1. The van der Waals surface area contributed by atoms with E-state index in [-0.39, 0.29) is 17.7 Å². The molecule has 0 aromatic rings. The fraction of sp³-hybridized carbons (Fsp3) is 0.857. The van der Waals surface area contributed by atoms with Crippen molar-refractivity contribution in [1.82, 2.24) is 5.32 Å². The average Bonchev–Trinajstić information content (AvgIpc) is 2.29. The molecule has 4 nitrogen and oxygen atoms in total. The summed E-state index contributed by atoms with van der Waals surface area (Å²) in [6.07, 6.45) is 2.55. The zero-order chi connectivity index (χ0) is 7.90. The van der Waals surface area contributed by atoms with Crippen molar-refractivity contribution in [3.63, 3.8) is 0 Å². The highest BCUT2D eigenvalue weighted by atomic mass is 16.6. The molecule has 0 aromatic heterocycles. The second kappa shape index (κ2) is 2.19. The number of carbonyl (C=O) groups is 1. The van der Waals surface area contributed by atoms with E-state index in [1.165, 1.54) is 0 Å². The Kier molecular flexibility index (Phi) is 1.40. The molecular weight excluding hydrogens is 144 g/mol. The van der Waals surface area contributed by atoms with Gasteiger partial charge in [0, 0.05) is 6.42 Å². The van der Waals surface area contributed by atoms with Crippen LogP contribution in [0.3, 0.4) is 0 Å².